The van der Waals surface area contributed by atoms with Gasteiger partial charge in [0.2, 0.25) is 10.0 Å². The predicted octanol–water partition coefficient (Wildman–Crippen LogP) is 2.22. The van der Waals surface area contributed by atoms with Crippen molar-refractivity contribution >= 4 is 31.9 Å². The molecular formula is C12H10BrNO5S. The molecule has 0 bridgehead atoms. The van der Waals surface area contributed by atoms with E-state index in [2.05, 4.69) is 20.7 Å². The van der Waals surface area contributed by atoms with Crippen LogP contribution in [0.15, 0.2) is 50.4 Å². The van der Waals surface area contributed by atoms with E-state index in [-0.39, 0.29) is 21.5 Å². The molecule has 2 rings (SSSR count). The van der Waals surface area contributed by atoms with Gasteiger partial charge >= 0.3 is 5.97 Å². The Morgan fingerprint density at radius 3 is 2.70 bits per heavy atom. The number of carboxylic acid groups (broad SMARTS) is 1. The van der Waals surface area contributed by atoms with Gasteiger partial charge in [0.05, 0.1) is 23.3 Å². The van der Waals surface area contributed by atoms with Gasteiger partial charge in [0.15, 0.2) is 0 Å². The van der Waals surface area contributed by atoms with E-state index in [1.807, 2.05) is 0 Å². The molecule has 6 nitrogen and oxygen atoms in total. The van der Waals surface area contributed by atoms with Crippen LogP contribution >= 0.6 is 15.9 Å². The molecule has 0 fully saturated rings. The standard InChI is InChI=1S/C12H10BrNO5S/c13-10-4-3-8(12(15)16)6-11(10)20(17,18)14-7-9-2-1-5-19-9/h1-6,14H,7H2,(H,15,16). The molecule has 20 heavy (non-hydrogen) atoms. The fourth-order valence-electron chi connectivity index (χ4n) is 1.50. The van der Waals surface area contributed by atoms with Gasteiger partial charge in [0, 0.05) is 4.47 Å². The SMILES string of the molecule is O=C(O)c1ccc(Br)c(S(=O)(=O)NCc2ccco2)c1. The molecular weight excluding hydrogens is 350 g/mol. The van der Waals surface area contributed by atoms with Crippen LogP contribution in [0.25, 0.3) is 0 Å². The molecule has 2 aromatic rings. The third kappa shape index (κ3) is 3.27. The van der Waals surface area contributed by atoms with Gasteiger partial charge in [-0.15, -0.1) is 0 Å². The first kappa shape index (κ1) is 14.8. The van der Waals surface area contributed by atoms with Crippen molar-refractivity contribution in [1.82, 2.24) is 4.72 Å². The van der Waals surface area contributed by atoms with Gasteiger partial charge in [0.25, 0.3) is 0 Å². The Hall–Kier alpha value is -1.64. The van der Waals surface area contributed by atoms with Crippen LogP contribution in [0, 0.1) is 0 Å². The molecule has 0 atom stereocenters. The maximum Gasteiger partial charge on any atom is 0.335 e. The molecule has 8 heteroatoms. The van der Waals surface area contributed by atoms with E-state index in [1.165, 1.54) is 18.4 Å². The van der Waals surface area contributed by atoms with Crippen LogP contribution in [-0.2, 0) is 16.6 Å². The van der Waals surface area contributed by atoms with E-state index in [0.717, 1.165) is 6.07 Å². The van der Waals surface area contributed by atoms with Crippen molar-refractivity contribution < 1.29 is 22.7 Å². The Labute approximate surface area is 123 Å². The topological polar surface area (TPSA) is 96.6 Å². The maximum atomic E-state index is 12.1. The average Bonchev–Trinajstić information content (AvgIpc) is 2.89. The highest BCUT2D eigenvalue weighted by Crippen LogP contribution is 2.23. The minimum absolute atomic E-state index is 0.0148. The van der Waals surface area contributed by atoms with E-state index in [0.29, 0.717) is 5.76 Å². The molecule has 0 aliphatic rings. The lowest BCUT2D eigenvalue weighted by Gasteiger charge is -2.08. The molecule has 0 saturated carbocycles. The van der Waals surface area contributed by atoms with E-state index in [1.54, 1.807) is 12.1 Å². The molecule has 0 saturated heterocycles. The summed E-state index contributed by atoms with van der Waals surface area (Å²) in [6, 6.07) is 7.07. The number of hydrogen-bond donors (Lipinski definition) is 2. The lowest BCUT2D eigenvalue weighted by atomic mass is 10.2. The predicted molar refractivity (Wildman–Crippen MR) is 73.8 cm³/mol. The zero-order valence-electron chi connectivity index (χ0n) is 10.0. The molecule has 0 unspecified atom stereocenters. The second kappa shape index (κ2) is 5.78. The molecule has 106 valence electrons. The van der Waals surface area contributed by atoms with Crippen LogP contribution in [-0.4, -0.2) is 19.5 Å². The normalized spacial score (nSPS) is 11.4. The zero-order chi connectivity index (χ0) is 14.8. The van der Waals surface area contributed by atoms with E-state index in [9.17, 15) is 13.2 Å². The van der Waals surface area contributed by atoms with E-state index < -0.39 is 16.0 Å². The van der Waals surface area contributed by atoms with Gasteiger partial charge in [-0.25, -0.2) is 17.9 Å². The van der Waals surface area contributed by atoms with Gasteiger partial charge in [0.1, 0.15) is 5.76 Å². The number of rotatable bonds is 5. The molecule has 0 aliphatic heterocycles. The Morgan fingerprint density at radius 1 is 1.35 bits per heavy atom. The summed E-state index contributed by atoms with van der Waals surface area (Å²) in [4.78, 5) is 10.8. The third-order valence-electron chi connectivity index (χ3n) is 2.48. The largest absolute Gasteiger partial charge is 0.478 e. The molecule has 2 N–H and O–H groups in total. The van der Waals surface area contributed by atoms with Crippen molar-refractivity contribution in [3.05, 3.63) is 52.4 Å². The van der Waals surface area contributed by atoms with Crippen molar-refractivity contribution in [3.63, 3.8) is 0 Å². The monoisotopic (exact) mass is 359 g/mol. The van der Waals surface area contributed by atoms with Crippen LogP contribution in [0.5, 0.6) is 0 Å². The Morgan fingerprint density at radius 2 is 2.10 bits per heavy atom. The van der Waals surface area contributed by atoms with E-state index >= 15 is 0 Å². The smallest absolute Gasteiger partial charge is 0.335 e. The Balaban J connectivity index is 2.28. The van der Waals surface area contributed by atoms with Crippen LogP contribution in [0.4, 0.5) is 0 Å². The second-order valence-corrected chi connectivity index (χ2v) is 6.44. The van der Waals surface area contributed by atoms with Crippen LogP contribution in [0.1, 0.15) is 16.1 Å². The lowest BCUT2D eigenvalue weighted by Crippen LogP contribution is -2.23. The molecule has 1 aromatic heterocycles. The molecule has 0 aliphatic carbocycles. The van der Waals surface area contributed by atoms with E-state index in [4.69, 9.17) is 9.52 Å². The zero-order valence-corrected chi connectivity index (χ0v) is 12.4. The lowest BCUT2D eigenvalue weighted by molar-refractivity contribution is 0.0696. The van der Waals surface area contributed by atoms with Gasteiger partial charge in [-0.05, 0) is 46.3 Å². The van der Waals surface area contributed by atoms with Crippen molar-refractivity contribution in [2.45, 2.75) is 11.4 Å². The number of carbonyl (C=O) groups is 1. The van der Waals surface area contributed by atoms with Gasteiger partial charge < -0.3 is 9.52 Å². The average molecular weight is 360 g/mol. The second-order valence-electron chi connectivity index (χ2n) is 3.85. The summed E-state index contributed by atoms with van der Waals surface area (Å²) in [5, 5.41) is 8.90. The van der Waals surface area contributed by atoms with Crippen molar-refractivity contribution in [3.8, 4) is 0 Å². The minimum atomic E-state index is -3.84. The van der Waals surface area contributed by atoms with Crippen LogP contribution in [0.3, 0.4) is 0 Å². The first-order valence-electron chi connectivity index (χ1n) is 5.45. The molecule has 0 radical (unpaired) electrons. The molecule has 1 aromatic carbocycles. The fourth-order valence-corrected chi connectivity index (χ4v) is 3.48. The Bertz CT molecular complexity index is 724. The molecule has 0 amide bonds. The number of benzene rings is 1. The molecule has 1 heterocycles. The van der Waals surface area contributed by atoms with Crippen molar-refractivity contribution in [2.24, 2.45) is 0 Å². The van der Waals surface area contributed by atoms with Crippen molar-refractivity contribution in [2.75, 3.05) is 0 Å². The summed E-state index contributed by atoms with van der Waals surface area (Å²) in [7, 11) is -3.84. The van der Waals surface area contributed by atoms with Crippen molar-refractivity contribution in [1.29, 1.82) is 0 Å². The summed E-state index contributed by atoms with van der Waals surface area (Å²) in [5.41, 5.74) is -0.105. The first-order valence-corrected chi connectivity index (χ1v) is 7.72. The van der Waals surface area contributed by atoms with Gasteiger partial charge in [-0.1, -0.05) is 0 Å². The van der Waals surface area contributed by atoms with Crippen LogP contribution < -0.4 is 4.72 Å². The highest BCUT2D eigenvalue weighted by atomic mass is 79.9. The summed E-state index contributed by atoms with van der Waals surface area (Å²) in [6.07, 6.45) is 1.44. The highest BCUT2D eigenvalue weighted by molar-refractivity contribution is 9.10. The number of halogens is 1. The number of hydrogen-bond acceptors (Lipinski definition) is 4. The summed E-state index contributed by atoms with van der Waals surface area (Å²) >= 11 is 3.10. The fraction of sp³-hybridized carbons (Fsp3) is 0.0833. The number of sulfonamides is 1. The maximum absolute atomic E-state index is 12.1. The van der Waals surface area contributed by atoms with Gasteiger partial charge in [-0.3, -0.25) is 0 Å². The highest BCUT2D eigenvalue weighted by Gasteiger charge is 2.19. The number of nitrogens with one attached hydrogen (secondary N) is 1. The first-order chi connectivity index (χ1) is 9.40. The third-order valence-corrected chi connectivity index (χ3v) is 4.88. The number of furan rings is 1. The number of carboxylic acids is 1. The summed E-state index contributed by atoms with van der Waals surface area (Å²) in [5.74, 6) is -0.737. The summed E-state index contributed by atoms with van der Waals surface area (Å²) < 4.78 is 31.9. The van der Waals surface area contributed by atoms with Crippen LogP contribution in [0.2, 0.25) is 0 Å². The quantitative estimate of drug-likeness (QED) is 0.852. The Kier molecular flexibility index (Phi) is 4.26. The number of aromatic carboxylic acids is 1. The van der Waals surface area contributed by atoms with Gasteiger partial charge in [-0.2, -0.15) is 0 Å². The molecule has 0 spiro atoms. The summed E-state index contributed by atoms with van der Waals surface area (Å²) in [6.45, 7) is -0.0148. The minimum Gasteiger partial charge on any atom is -0.478 e.